The molecule has 0 spiro atoms. The monoisotopic (exact) mass is 160 g/mol. The van der Waals surface area contributed by atoms with E-state index in [1.807, 2.05) is 6.92 Å². The summed E-state index contributed by atoms with van der Waals surface area (Å²) in [5, 5.41) is 0. The molecular formula is C6H8OS2. The molecule has 0 atom stereocenters. The molecule has 0 aliphatic heterocycles. The van der Waals surface area contributed by atoms with Crippen molar-refractivity contribution < 1.29 is 4.74 Å². The highest BCUT2D eigenvalue weighted by molar-refractivity contribution is 8.10. The van der Waals surface area contributed by atoms with Gasteiger partial charge in [0.1, 0.15) is 0 Å². The second-order valence-electron chi connectivity index (χ2n) is 1.45. The molecule has 0 aliphatic carbocycles. The molecule has 3 heteroatoms. The van der Waals surface area contributed by atoms with Crippen molar-refractivity contribution in [1.82, 2.24) is 0 Å². The van der Waals surface area contributed by atoms with Crippen molar-refractivity contribution in [2.45, 2.75) is 6.92 Å². The summed E-state index contributed by atoms with van der Waals surface area (Å²) in [7, 11) is 0. The van der Waals surface area contributed by atoms with E-state index in [9.17, 15) is 0 Å². The highest BCUT2D eigenvalue weighted by Crippen LogP contribution is 1.95. The van der Waals surface area contributed by atoms with E-state index in [-0.39, 0.29) is 4.38 Å². The van der Waals surface area contributed by atoms with E-state index < -0.39 is 0 Å². The van der Waals surface area contributed by atoms with Gasteiger partial charge in [0, 0.05) is 0 Å². The molecule has 0 aromatic rings. The Morgan fingerprint density at radius 2 is 2.33 bits per heavy atom. The molecule has 0 radical (unpaired) electrons. The van der Waals surface area contributed by atoms with E-state index in [0.29, 0.717) is 0 Å². The summed E-state index contributed by atoms with van der Waals surface area (Å²) in [6.07, 6.45) is 3.17. The molecule has 0 fully saturated rings. The summed E-state index contributed by atoms with van der Waals surface area (Å²) in [5.41, 5.74) is 0.923. The van der Waals surface area contributed by atoms with E-state index in [4.69, 9.17) is 4.74 Å². The van der Waals surface area contributed by atoms with Crippen LogP contribution in [-0.4, -0.2) is 4.38 Å². The second kappa shape index (κ2) is 4.58. The molecule has 0 rings (SSSR count). The topological polar surface area (TPSA) is 9.23 Å². The Kier molecular flexibility index (Phi) is 4.44. The van der Waals surface area contributed by atoms with Gasteiger partial charge in [-0.3, -0.25) is 0 Å². The molecule has 0 aromatic carbocycles. The Hall–Kier alpha value is -0.280. The first-order chi connectivity index (χ1) is 4.16. The number of rotatable bonds is 2. The lowest BCUT2D eigenvalue weighted by molar-refractivity contribution is 0.494. The number of hydrogen-bond donors (Lipinski definition) is 1. The van der Waals surface area contributed by atoms with Crippen LogP contribution < -0.4 is 0 Å². The zero-order chi connectivity index (χ0) is 7.28. The summed E-state index contributed by atoms with van der Waals surface area (Å²) in [4.78, 5) is 0. The van der Waals surface area contributed by atoms with Crippen molar-refractivity contribution in [2.24, 2.45) is 0 Å². The maximum Gasteiger partial charge on any atom is 0.221 e. The fourth-order valence-electron chi connectivity index (χ4n) is 0.191. The lowest BCUT2D eigenvalue weighted by atomic mass is 10.3. The van der Waals surface area contributed by atoms with Gasteiger partial charge in [0.15, 0.2) is 0 Å². The van der Waals surface area contributed by atoms with Gasteiger partial charge in [0.25, 0.3) is 0 Å². The maximum atomic E-state index is 4.76. The Labute approximate surface area is 65.8 Å². The van der Waals surface area contributed by atoms with Gasteiger partial charge in [-0.1, -0.05) is 25.3 Å². The van der Waals surface area contributed by atoms with E-state index in [1.54, 1.807) is 6.08 Å². The Bertz CT molecular complexity index is 149. The quantitative estimate of drug-likeness (QED) is 0.287. The first-order valence-corrected chi connectivity index (χ1v) is 3.21. The molecule has 0 unspecified atom stereocenters. The molecule has 50 valence electrons. The van der Waals surface area contributed by atoms with Crippen LogP contribution in [0.5, 0.6) is 0 Å². The highest BCUT2D eigenvalue weighted by Gasteiger charge is 1.82. The fraction of sp³-hybridized carbons (Fsp3) is 0.167. The Balaban J connectivity index is 3.69. The van der Waals surface area contributed by atoms with Gasteiger partial charge in [-0.25, -0.2) is 0 Å². The minimum absolute atomic E-state index is 0.219. The zero-order valence-corrected chi connectivity index (χ0v) is 6.84. The number of ether oxygens (including phenoxy) is 1. The average molecular weight is 160 g/mol. The van der Waals surface area contributed by atoms with Crippen LogP contribution in [-0.2, 0) is 4.74 Å². The summed E-state index contributed by atoms with van der Waals surface area (Å²) >= 11 is 8.27. The van der Waals surface area contributed by atoms with Gasteiger partial charge < -0.3 is 4.74 Å². The molecular weight excluding hydrogens is 152 g/mol. The number of hydrogen-bond acceptors (Lipinski definition) is 2. The maximum absolute atomic E-state index is 4.76. The van der Waals surface area contributed by atoms with Crippen LogP contribution in [0.1, 0.15) is 6.92 Å². The van der Waals surface area contributed by atoms with Crippen molar-refractivity contribution >= 4 is 29.2 Å². The van der Waals surface area contributed by atoms with Crippen molar-refractivity contribution in [3.63, 3.8) is 0 Å². The van der Waals surface area contributed by atoms with Crippen LogP contribution in [0.2, 0.25) is 0 Å². The van der Waals surface area contributed by atoms with Crippen LogP contribution in [0.25, 0.3) is 0 Å². The van der Waals surface area contributed by atoms with Gasteiger partial charge in [0.2, 0.25) is 4.38 Å². The number of allylic oxidation sites excluding steroid dienone is 2. The fourth-order valence-corrected chi connectivity index (χ4v) is 0.292. The van der Waals surface area contributed by atoms with Gasteiger partial charge in [-0.15, -0.1) is 0 Å². The highest BCUT2D eigenvalue weighted by atomic mass is 32.1. The van der Waals surface area contributed by atoms with E-state index in [1.165, 1.54) is 6.26 Å². The summed E-state index contributed by atoms with van der Waals surface area (Å²) < 4.78 is 4.98. The van der Waals surface area contributed by atoms with Crippen LogP contribution in [0.4, 0.5) is 0 Å². The van der Waals surface area contributed by atoms with Crippen molar-refractivity contribution in [3.8, 4) is 0 Å². The largest absolute Gasteiger partial charge is 0.447 e. The van der Waals surface area contributed by atoms with Crippen LogP contribution in [0.3, 0.4) is 0 Å². The van der Waals surface area contributed by atoms with Crippen LogP contribution >= 0.6 is 24.8 Å². The molecule has 1 nitrogen and oxygen atoms in total. The minimum atomic E-state index is 0.219. The molecule has 0 bridgehead atoms. The van der Waals surface area contributed by atoms with Gasteiger partial charge in [-0.2, -0.15) is 0 Å². The van der Waals surface area contributed by atoms with E-state index in [0.717, 1.165) is 5.57 Å². The first-order valence-electron chi connectivity index (χ1n) is 2.35. The molecule has 0 amide bonds. The van der Waals surface area contributed by atoms with Crippen LogP contribution in [0, 0.1) is 0 Å². The third kappa shape index (κ3) is 5.59. The molecule has 0 aliphatic rings. The SMILES string of the molecule is C=CC(C)=COC(=S)S. The van der Waals surface area contributed by atoms with Crippen molar-refractivity contribution in [1.29, 1.82) is 0 Å². The van der Waals surface area contributed by atoms with Crippen LogP contribution in [0.15, 0.2) is 24.5 Å². The molecule has 0 N–H and O–H groups in total. The van der Waals surface area contributed by atoms with E-state index in [2.05, 4.69) is 31.4 Å². The van der Waals surface area contributed by atoms with Gasteiger partial charge >= 0.3 is 0 Å². The normalized spacial score (nSPS) is 10.7. The predicted molar refractivity (Wildman–Crippen MR) is 46.6 cm³/mol. The minimum Gasteiger partial charge on any atom is -0.447 e. The smallest absolute Gasteiger partial charge is 0.221 e. The molecule has 0 saturated carbocycles. The Morgan fingerprint density at radius 1 is 1.78 bits per heavy atom. The van der Waals surface area contributed by atoms with Gasteiger partial charge in [-0.05, 0) is 24.7 Å². The summed E-state index contributed by atoms with van der Waals surface area (Å²) in [5.74, 6) is 0. The van der Waals surface area contributed by atoms with Gasteiger partial charge in [0.05, 0.1) is 6.26 Å². The Morgan fingerprint density at radius 3 is 2.67 bits per heavy atom. The summed E-state index contributed by atoms with van der Waals surface area (Å²) in [6, 6.07) is 0. The van der Waals surface area contributed by atoms with Crippen molar-refractivity contribution in [3.05, 3.63) is 24.5 Å². The third-order valence-corrected chi connectivity index (χ3v) is 0.869. The standard InChI is InChI=1S/C6H8OS2/c1-3-5(2)4-7-6(8)9/h3-4H,1H2,2H3,(H,8,9). The lowest BCUT2D eigenvalue weighted by Gasteiger charge is -1.93. The molecule has 0 saturated heterocycles. The second-order valence-corrected chi connectivity index (χ2v) is 2.53. The van der Waals surface area contributed by atoms with E-state index >= 15 is 0 Å². The number of thiol groups is 1. The molecule has 0 aromatic heterocycles. The zero-order valence-electron chi connectivity index (χ0n) is 5.13. The lowest BCUT2D eigenvalue weighted by Crippen LogP contribution is -1.83. The summed E-state index contributed by atoms with van der Waals surface area (Å²) in [6.45, 7) is 5.38. The molecule has 9 heavy (non-hydrogen) atoms. The average Bonchev–Trinajstić information content (AvgIpc) is 1.83. The van der Waals surface area contributed by atoms with Crippen molar-refractivity contribution in [2.75, 3.05) is 0 Å². The number of thiocarbonyl (C=S) groups is 1. The third-order valence-electron chi connectivity index (χ3n) is 0.668. The molecule has 0 heterocycles. The first kappa shape index (κ1) is 8.72. The predicted octanol–water partition coefficient (Wildman–Crippen LogP) is 2.31.